The molecule has 1 aliphatic heterocycles. The van der Waals surface area contributed by atoms with Crippen LogP contribution in [0.2, 0.25) is 89.2 Å². The van der Waals surface area contributed by atoms with Crippen molar-refractivity contribution in [1.82, 2.24) is 0 Å². The minimum absolute atomic E-state index is 0.00115. The lowest BCUT2D eigenvalue weighted by molar-refractivity contribution is -0.0500. The summed E-state index contributed by atoms with van der Waals surface area (Å²) < 4.78 is 43.9. The summed E-state index contributed by atoms with van der Waals surface area (Å²) in [5, 5.41) is 0.0110. The number of carbonyl (C=O) groups is 1. The number of hydrogen-bond acceptors (Lipinski definition) is 7. The van der Waals surface area contributed by atoms with E-state index in [0.29, 0.717) is 47.2 Å². The standard InChI is InChI=1S/C62H114O7Si5/c1-47(2)74(48(3)4,49(5)6)69-55-43-36-39-51-38-34-32-30-29-31-33-35-40-52(66-71(23,24)59(11,12)13)44-53(67-72(25,26)60(14,15)16)41-37-42-54(68-73(27,28)61(17,18)19)46-62(20,64-57(63)56(51)55)45-50(7)65-70(21,22)58(8,9)10/h29-39,41,43,47-50,52-54H,40,42,44-46H2,1-28H3/b31-29+,32-30+,35-33+,38-34+,41-37+/t50-,52+,53?,54?,62+/m1/s1. The highest BCUT2D eigenvalue weighted by atomic mass is 28.4. The topological polar surface area (TPSA) is 72.5 Å². The molecule has 74 heavy (non-hydrogen) atoms. The summed E-state index contributed by atoms with van der Waals surface area (Å²) in [6.45, 7) is 64.2. The Morgan fingerprint density at radius 1 is 0.595 bits per heavy atom. The zero-order valence-electron chi connectivity index (χ0n) is 52.9. The Hall–Kier alpha value is -1.89. The van der Waals surface area contributed by atoms with E-state index in [1.165, 1.54) is 0 Å². The van der Waals surface area contributed by atoms with Gasteiger partial charge in [-0.25, -0.2) is 4.79 Å². The van der Waals surface area contributed by atoms with Crippen molar-refractivity contribution in [3.8, 4) is 5.75 Å². The predicted octanol–water partition coefficient (Wildman–Crippen LogP) is 19.9. The second-order valence-corrected chi connectivity index (χ2v) is 53.6. The van der Waals surface area contributed by atoms with E-state index in [4.69, 9.17) is 26.9 Å². The van der Waals surface area contributed by atoms with Crippen molar-refractivity contribution in [1.29, 1.82) is 0 Å². The highest BCUT2D eigenvalue weighted by Gasteiger charge is 2.49. The Morgan fingerprint density at radius 3 is 1.53 bits per heavy atom. The fourth-order valence-electron chi connectivity index (χ4n) is 9.43. The highest BCUT2D eigenvalue weighted by Crippen LogP contribution is 2.46. The smallest absolute Gasteiger partial charge is 0.343 e. The van der Waals surface area contributed by atoms with Crippen LogP contribution < -0.4 is 4.43 Å². The monoisotopic (exact) mass is 1110 g/mol. The van der Waals surface area contributed by atoms with Crippen LogP contribution in [0.15, 0.2) is 72.9 Å². The summed E-state index contributed by atoms with van der Waals surface area (Å²) in [4.78, 5) is 15.7. The van der Waals surface area contributed by atoms with Crippen molar-refractivity contribution in [3.63, 3.8) is 0 Å². The van der Waals surface area contributed by atoms with Gasteiger partial charge in [0.05, 0.1) is 18.3 Å². The van der Waals surface area contributed by atoms with E-state index in [1.54, 1.807) is 0 Å². The van der Waals surface area contributed by atoms with E-state index in [1.807, 2.05) is 48.6 Å². The summed E-state index contributed by atoms with van der Waals surface area (Å²) >= 11 is 0. The van der Waals surface area contributed by atoms with E-state index in [-0.39, 0.29) is 44.6 Å². The van der Waals surface area contributed by atoms with Gasteiger partial charge in [-0.1, -0.05) is 198 Å². The molecule has 0 N–H and O–H groups in total. The van der Waals surface area contributed by atoms with Crippen LogP contribution in [-0.4, -0.2) is 77.6 Å². The molecule has 1 heterocycles. The second kappa shape index (κ2) is 26.4. The maximum absolute atomic E-state index is 15.7. The second-order valence-electron chi connectivity index (χ2n) is 29.2. The van der Waals surface area contributed by atoms with Gasteiger partial charge in [0.25, 0.3) is 8.32 Å². The molecular weight excluding hydrogens is 997 g/mol. The van der Waals surface area contributed by atoms with Gasteiger partial charge in [-0.3, -0.25) is 0 Å². The number of carbonyl (C=O) groups excluding carboxylic acids is 1. The van der Waals surface area contributed by atoms with Crippen molar-refractivity contribution in [2.75, 3.05) is 0 Å². The van der Waals surface area contributed by atoms with Crippen molar-refractivity contribution in [2.24, 2.45) is 0 Å². The van der Waals surface area contributed by atoms with Crippen LogP contribution in [0.3, 0.4) is 0 Å². The first-order valence-corrected chi connectivity index (χ1v) is 42.2. The van der Waals surface area contributed by atoms with Gasteiger partial charge >= 0.3 is 5.97 Å². The minimum atomic E-state index is -2.51. The first-order valence-electron chi connectivity index (χ1n) is 28.4. The van der Waals surface area contributed by atoms with Crippen molar-refractivity contribution >= 4 is 53.6 Å². The van der Waals surface area contributed by atoms with Crippen molar-refractivity contribution < 1.29 is 31.7 Å². The number of ether oxygens (including phenoxy) is 1. The van der Waals surface area contributed by atoms with E-state index < -0.39 is 53.2 Å². The number of cyclic esters (lactones) is 1. The molecule has 2 rings (SSSR count). The molecule has 0 amide bonds. The van der Waals surface area contributed by atoms with E-state index in [9.17, 15) is 0 Å². The Balaban J connectivity index is 3.15. The molecule has 2 unspecified atom stereocenters. The van der Waals surface area contributed by atoms with Crippen LogP contribution in [0, 0.1) is 0 Å². The summed E-state index contributed by atoms with van der Waals surface area (Å²) in [6, 6.07) is 6.00. The van der Waals surface area contributed by atoms with E-state index in [2.05, 4.69) is 221 Å². The Labute approximate surface area is 462 Å². The zero-order chi connectivity index (χ0) is 57.3. The lowest BCUT2D eigenvalue weighted by Gasteiger charge is -2.44. The van der Waals surface area contributed by atoms with Gasteiger partial charge in [0, 0.05) is 25.4 Å². The van der Waals surface area contributed by atoms with E-state index >= 15 is 4.79 Å². The maximum atomic E-state index is 15.7. The van der Waals surface area contributed by atoms with Gasteiger partial charge in [-0.05, 0) is 127 Å². The quantitative estimate of drug-likeness (QED) is 0.0984. The third-order valence-corrected chi connectivity index (χ3v) is 41.8. The number of hydrogen-bond donors (Lipinski definition) is 0. The third-order valence-electron chi connectivity index (χ3n) is 17.7. The lowest BCUT2D eigenvalue weighted by Crippen LogP contribution is -2.51. The van der Waals surface area contributed by atoms with Gasteiger partial charge in [0.1, 0.15) is 16.9 Å². The minimum Gasteiger partial charge on any atom is -0.542 e. The third kappa shape index (κ3) is 19.2. The summed E-state index contributed by atoms with van der Waals surface area (Å²) in [6.07, 6.45) is 23.6. The molecule has 0 radical (unpaired) electrons. The molecule has 1 aromatic carbocycles. The predicted molar refractivity (Wildman–Crippen MR) is 335 cm³/mol. The van der Waals surface area contributed by atoms with Crippen LogP contribution >= 0.6 is 0 Å². The van der Waals surface area contributed by atoms with Crippen LogP contribution in [0.25, 0.3) is 6.08 Å². The molecule has 12 heteroatoms. The van der Waals surface area contributed by atoms with Gasteiger partial charge in [-0.15, -0.1) is 0 Å². The Morgan fingerprint density at radius 2 is 1.04 bits per heavy atom. The number of allylic oxidation sites excluding steroid dienone is 6. The molecule has 424 valence electrons. The molecule has 0 bridgehead atoms. The van der Waals surface area contributed by atoms with Crippen LogP contribution in [-0.2, 0) is 22.4 Å². The van der Waals surface area contributed by atoms with Crippen LogP contribution in [0.5, 0.6) is 5.75 Å². The number of fused-ring (bicyclic) bond motifs is 1. The van der Waals surface area contributed by atoms with Crippen molar-refractivity contribution in [2.45, 2.75) is 290 Å². The first kappa shape index (κ1) is 68.2. The number of rotatable bonds is 15. The molecule has 5 atom stereocenters. The number of esters is 1. The summed E-state index contributed by atoms with van der Waals surface area (Å²) in [5.74, 6) is 0.201. The fourth-order valence-corrected chi connectivity index (χ4v) is 20.2. The SMILES string of the molecule is CC(C)[Si](Oc1cccc2c1C(=O)O[C@@](C)(C[C@@H](C)O[Si](C)(C)C(C)(C)C)CC(O[Si](C)(C)C(C)(C)C)C/C=C/C(O[Si](C)(C)C(C)(C)C)C[C@@H](O[Si](C)(C)C(C)(C)C)C/C=C/C=C/C=C/C=C/2)(C(C)C)C(C)C. The average Bonchev–Trinajstić information content (AvgIpc) is 3.18. The lowest BCUT2D eigenvalue weighted by atomic mass is 9.90. The van der Waals surface area contributed by atoms with Gasteiger partial charge in [0.2, 0.25) is 0 Å². The van der Waals surface area contributed by atoms with Crippen LogP contribution in [0.1, 0.15) is 187 Å². The van der Waals surface area contributed by atoms with E-state index in [0.717, 1.165) is 18.4 Å². The van der Waals surface area contributed by atoms with Gasteiger partial charge in [-0.2, -0.15) is 0 Å². The molecule has 1 aliphatic rings. The average molecular weight is 1110 g/mol. The molecular formula is C62H114O7Si5. The Kier molecular flexibility index (Phi) is 24.3. The molecule has 0 spiro atoms. The summed E-state index contributed by atoms with van der Waals surface area (Å²) in [5.41, 5.74) is 1.13. The number of benzene rings is 1. The van der Waals surface area contributed by atoms with Gasteiger partial charge < -0.3 is 26.9 Å². The maximum Gasteiger partial charge on any atom is 0.343 e. The largest absolute Gasteiger partial charge is 0.542 e. The molecule has 0 aromatic heterocycles. The molecule has 0 aliphatic carbocycles. The molecule has 0 saturated heterocycles. The summed E-state index contributed by atoms with van der Waals surface area (Å²) in [7, 11) is -11.5. The van der Waals surface area contributed by atoms with Crippen LogP contribution in [0.4, 0.5) is 0 Å². The molecule has 0 saturated carbocycles. The zero-order valence-corrected chi connectivity index (χ0v) is 57.9. The molecule has 7 nitrogen and oxygen atoms in total. The Bertz CT molecular complexity index is 2060. The first-order chi connectivity index (χ1) is 33.3. The molecule has 1 aromatic rings. The normalized spacial score (nSPS) is 24.1. The van der Waals surface area contributed by atoms with Gasteiger partial charge in [0.15, 0.2) is 33.3 Å². The highest BCUT2D eigenvalue weighted by molar-refractivity contribution is 6.78. The fraction of sp³-hybridized carbons (Fsp3) is 0.726. The van der Waals surface area contributed by atoms with Crippen molar-refractivity contribution in [3.05, 3.63) is 84.0 Å². The molecule has 0 fully saturated rings.